The molecule has 0 aliphatic rings. The number of benzene rings is 2. The van der Waals surface area contributed by atoms with Crippen molar-refractivity contribution in [2.45, 2.75) is 19.3 Å². The second kappa shape index (κ2) is 8.17. The van der Waals surface area contributed by atoms with E-state index in [9.17, 15) is 22.8 Å². The number of halogens is 3. The van der Waals surface area contributed by atoms with Gasteiger partial charge in [0.05, 0.1) is 11.7 Å². The van der Waals surface area contributed by atoms with Crippen LogP contribution in [0.1, 0.15) is 29.0 Å². The van der Waals surface area contributed by atoms with Gasteiger partial charge in [-0.25, -0.2) is 0 Å². The van der Waals surface area contributed by atoms with Gasteiger partial charge < -0.3 is 10.1 Å². The molecule has 0 spiro atoms. The molecule has 29 heavy (non-hydrogen) atoms. The number of alkyl halides is 3. The maximum absolute atomic E-state index is 12.5. The lowest BCUT2D eigenvalue weighted by molar-refractivity contribution is -0.274. The molecule has 1 N–H and O–H groups in total. The summed E-state index contributed by atoms with van der Waals surface area (Å²) in [4.78, 5) is 24.6. The standard InChI is InChI=1S/C20H16F3N3O3/c1-13(14-6-5-9-16(12-14)29-20(21,22)23)24-19(28)17-10-11-18(27)26(25-17)15-7-3-2-4-8-15/h2-13H,1H3,(H,24,28)/t13-/m1/s1. The van der Waals surface area contributed by atoms with E-state index < -0.39 is 23.9 Å². The van der Waals surface area contributed by atoms with Gasteiger partial charge in [0.2, 0.25) is 0 Å². The molecule has 9 heteroatoms. The Kier molecular flexibility index (Phi) is 5.67. The molecule has 0 aliphatic heterocycles. The lowest BCUT2D eigenvalue weighted by Gasteiger charge is -2.16. The molecule has 6 nitrogen and oxygen atoms in total. The van der Waals surface area contributed by atoms with E-state index in [1.807, 2.05) is 0 Å². The van der Waals surface area contributed by atoms with E-state index in [0.717, 1.165) is 4.68 Å². The molecule has 0 fully saturated rings. The predicted octanol–water partition coefficient (Wildman–Crippen LogP) is 3.62. The van der Waals surface area contributed by atoms with Crippen molar-refractivity contribution < 1.29 is 22.7 Å². The summed E-state index contributed by atoms with van der Waals surface area (Å²) in [7, 11) is 0. The second-order valence-corrected chi connectivity index (χ2v) is 6.12. The molecule has 0 bridgehead atoms. The molecule has 1 amide bonds. The Labute approximate surface area is 163 Å². The van der Waals surface area contributed by atoms with Crippen LogP contribution in [0, 0.1) is 0 Å². The van der Waals surface area contributed by atoms with Crippen molar-refractivity contribution in [3.8, 4) is 11.4 Å². The second-order valence-electron chi connectivity index (χ2n) is 6.12. The first-order valence-corrected chi connectivity index (χ1v) is 8.55. The third-order valence-corrected chi connectivity index (χ3v) is 3.97. The fourth-order valence-corrected chi connectivity index (χ4v) is 2.62. The first kappa shape index (κ1) is 20.1. The smallest absolute Gasteiger partial charge is 0.406 e. The number of amides is 1. The summed E-state index contributed by atoms with van der Waals surface area (Å²) in [6.45, 7) is 1.61. The van der Waals surface area contributed by atoms with Crippen LogP contribution >= 0.6 is 0 Å². The van der Waals surface area contributed by atoms with Gasteiger partial charge in [-0.2, -0.15) is 9.78 Å². The summed E-state index contributed by atoms with van der Waals surface area (Å²) >= 11 is 0. The van der Waals surface area contributed by atoms with Gasteiger partial charge in [0, 0.05) is 6.07 Å². The molecule has 0 saturated heterocycles. The molecule has 0 aliphatic carbocycles. The fourth-order valence-electron chi connectivity index (χ4n) is 2.62. The monoisotopic (exact) mass is 403 g/mol. The summed E-state index contributed by atoms with van der Waals surface area (Å²) in [6, 6.07) is 15.8. The summed E-state index contributed by atoms with van der Waals surface area (Å²) in [5.41, 5.74) is 0.495. The molecule has 2 aromatic carbocycles. The van der Waals surface area contributed by atoms with Crippen LogP contribution in [-0.4, -0.2) is 22.1 Å². The normalized spacial score (nSPS) is 12.3. The SMILES string of the molecule is C[C@@H](NC(=O)c1ccc(=O)n(-c2ccccc2)n1)c1cccc(OC(F)(F)F)c1. The number of hydrogen-bond donors (Lipinski definition) is 1. The zero-order chi connectivity index (χ0) is 21.0. The van der Waals surface area contributed by atoms with Crippen molar-refractivity contribution in [3.05, 3.63) is 88.3 Å². The number of aromatic nitrogens is 2. The van der Waals surface area contributed by atoms with Gasteiger partial charge >= 0.3 is 6.36 Å². The van der Waals surface area contributed by atoms with E-state index in [4.69, 9.17) is 0 Å². The van der Waals surface area contributed by atoms with Gasteiger partial charge in [-0.05, 0) is 42.8 Å². The van der Waals surface area contributed by atoms with Crippen molar-refractivity contribution in [2.24, 2.45) is 0 Å². The van der Waals surface area contributed by atoms with Crippen LogP contribution in [0.3, 0.4) is 0 Å². The molecule has 1 atom stereocenters. The molecule has 0 saturated carbocycles. The molecule has 1 heterocycles. The van der Waals surface area contributed by atoms with Gasteiger partial charge in [-0.1, -0.05) is 30.3 Å². The number of nitrogens with one attached hydrogen (secondary N) is 1. The predicted molar refractivity (Wildman–Crippen MR) is 98.8 cm³/mol. The zero-order valence-corrected chi connectivity index (χ0v) is 15.2. The Morgan fingerprint density at radius 1 is 1.07 bits per heavy atom. The first-order chi connectivity index (χ1) is 13.7. The van der Waals surface area contributed by atoms with Crippen LogP contribution in [0.2, 0.25) is 0 Å². The van der Waals surface area contributed by atoms with Crippen LogP contribution in [0.15, 0.2) is 71.5 Å². The summed E-state index contributed by atoms with van der Waals surface area (Å²) < 4.78 is 42.2. The lowest BCUT2D eigenvalue weighted by atomic mass is 10.1. The summed E-state index contributed by atoms with van der Waals surface area (Å²) in [5, 5.41) is 6.72. The number of carbonyl (C=O) groups is 1. The van der Waals surface area contributed by atoms with Crippen molar-refractivity contribution in [1.29, 1.82) is 0 Å². The van der Waals surface area contributed by atoms with Crippen LogP contribution in [0.4, 0.5) is 13.2 Å². The van der Waals surface area contributed by atoms with E-state index in [1.165, 1.54) is 30.3 Å². The van der Waals surface area contributed by atoms with E-state index in [2.05, 4.69) is 15.2 Å². The summed E-state index contributed by atoms with van der Waals surface area (Å²) in [6.07, 6.45) is -4.81. The highest BCUT2D eigenvalue weighted by Crippen LogP contribution is 2.25. The minimum atomic E-state index is -4.81. The highest BCUT2D eigenvalue weighted by Gasteiger charge is 2.31. The summed E-state index contributed by atoms with van der Waals surface area (Å²) in [5.74, 6) is -0.962. The number of carbonyl (C=O) groups excluding carboxylic acids is 1. The third kappa shape index (κ3) is 5.22. The van der Waals surface area contributed by atoms with Gasteiger partial charge in [0.15, 0.2) is 0 Å². The van der Waals surface area contributed by atoms with Crippen LogP contribution in [-0.2, 0) is 0 Å². The van der Waals surface area contributed by atoms with Gasteiger partial charge in [0.1, 0.15) is 11.4 Å². The van der Waals surface area contributed by atoms with Crippen molar-refractivity contribution in [3.63, 3.8) is 0 Å². The first-order valence-electron chi connectivity index (χ1n) is 8.55. The molecule has 150 valence electrons. The highest BCUT2D eigenvalue weighted by molar-refractivity contribution is 5.92. The number of rotatable bonds is 5. The zero-order valence-electron chi connectivity index (χ0n) is 15.2. The number of ether oxygens (including phenoxy) is 1. The quantitative estimate of drug-likeness (QED) is 0.706. The number of para-hydroxylation sites is 1. The minimum absolute atomic E-state index is 0.0111. The molecular formula is C20H16F3N3O3. The maximum atomic E-state index is 12.5. The van der Waals surface area contributed by atoms with Crippen LogP contribution < -0.4 is 15.6 Å². The van der Waals surface area contributed by atoms with E-state index >= 15 is 0 Å². The largest absolute Gasteiger partial charge is 0.573 e. The average Bonchev–Trinajstić information content (AvgIpc) is 2.68. The Bertz CT molecular complexity index is 1070. The number of hydrogen-bond acceptors (Lipinski definition) is 4. The van der Waals surface area contributed by atoms with E-state index in [0.29, 0.717) is 11.3 Å². The van der Waals surface area contributed by atoms with Crippen molar-refractivity contribution in [2.75, 3.05) is 0 Å². The highest BCUT2D eigenvalue weighted by atomic mass is 19.4. The Morgan fingerprint density at radius 2 is 1.79 bits per heavy atom. The van der Waals surface area contributed by atoms with Gasteiger partial charge in [0.25, 0.3) is 11.5 Å². The topological polar surface area (TPSA) is 73.2 Å². The van der Waals surface area contributed by atoms with Crippen LogP contribution in [0.5, 0.6) is 5.75 Å². The van der Waals surface area contributed by atoms with Gasteiger partial charge in [-0.15, -0.1) is 13.2 Å². The Hall–Kier alpha value is -3.62. The maximum Gasteiger partial charge on any atom is 0.573 e. The molecule has 3 aromatic rings. The third-order valence-electron chi connectivity index (χ3n) is 3.97. The fraction of sp³-hybridized carbons (Fsp3) is 0.150. The van der Waals surface area contributed by atoms with Crippen molar-refractivity contribution >= 4 is 5.91 Å². The van der Waals surface area contributed by atoms with Crippen LogP contribution in [0.25, 0.3) is 5.69 Å². The molecule has 0 radical (unpaired) electrons. The molecule has 0 unspecified atom stereocenters. The molecule has 3 rings (SSSR count). The van der Waals surface area contributed by atoms with Crippen molar-refractivity contribution in [1.82, 2.24) is 15.1 Å². The Balaban J connectivity index is 1.79. The minimum Gasteiger partial charge on any atom is -0.406 e. The van der Waals surface area contributed by atoms with Gasteiger partial charge in [-0.3, -0.25) is 9.59 Å². The van der Waals surface area contributed by atoms with E-state index in [-0.39, 0.29) is 11.4 Å². The number of nitrogens with zero attached hydrogens (tertiary/aromatic N) is 2. The molecular weight excluding hydrogens is 387 g/mol. The molecule has 1 aromatic heterocycles. The Morgan fingerprint density at radius 3 is 2.48 bits per heavy atom. The average molecular weight is 403 g/mol. The lowest BCUT2D eigenvalue weighted by Crippen LogP contribution is -2.30. The van der Waals surface area contributed by atoms with E-state index in [1.54, 1.807) is 43.3 Å².